The van der Waals surface area contributed by atoms with Crippen molar-refractivity contribution in [3.05, 3.63) is 11.1 Å². The van der Waals surface area contributed by atoms with Gasteiger partial charge in [0, 0.05) is 43.8 Å². The van der Waals surface area contributed by atoms with Gasteiger partial charge in [-0.3, -0.25) is 4.90 Å². The van der Waals surface area contributed by atoms with E-state index in [9.17, 15) is 8.42 Å². The molecule has 1 aliphatic heterocycles. The van der Waals surface area contributed by atoms with Crippen molar-refractivity contribution >= 4 is 38.9 Å². The molecule has 1 aromatic rings. The number of halogens is 1. The molecule has 0 atom stereocenters. The van der Waals surface area contributed by atoms with E-state index in [0.717, 1.165) is 24.5 Å². The average molecular weight is 313 g/mol. The highest BCUT2D eigenvalue weighted by molar-refractivity contribution is 7.88. The van der Waals surface area contributed by atoms with Crippen LogP contribution in [0.25, 0.3) is 0 Å². The van der Waals surface area contributed by atoms with Crippen LogP contribution in [-0.2, 0) is 16.6 Å². The van der Waals surface area contributed by atoms with E-state index >= 15 is 0 Å². The Morgan fingerprint density at radius 3 is 2.44 bits per heavy atom. The van der Waals surface area contributed by atoms with E-state index in [1.165, 1.54) is 21.9 Å². The molecule has 2 N–H and O–H groups in total. The molecule has 0 amide bonds. The predicted molar refractivity (Wildman–Crippen MR) is 75.5 cm³/mol. The van der Waals surface area contributed by atoms with Crippen LogP contribution in [0.3, 0.4) is 0 Å². The highest BCUT2D eigenvalue weighted by atomic mass is 35.5. The van der Waals surface area contributed by atoms with Crippen molar-refractivity contribution in [2.45, 2.75) is 6.54 Å². The number of sulfonamides is 1. The van der Waals surface area contributed by atoms with E-state index in [0.29, 0.717) is 18.2 Å². The third-order valence-electron chi connectivity index (χ3n) is 2.75. The van der Waals surface area contributed by atoms with E-state index in [1.54, 1.807) is 6.20 Å². The molecule has 1 aliphatic rings. The number of piperazine rings is 1. The Kier molecular flexibility index (Phi) is 5.35. The third kappa shape index (κ3) is 4.06. The summed E-state index contributed by atoms with van der Waals surface area (Å²) >= 11 is 1.48. The van der Waals surface area contributed by atoms with Gasteiger partial charge in [-0.05, 0) is 0 Å². The zero-order chi connectivity index (χ0) is 12.5. The Balaban J connectivity index is 0.00000162. The summed E-state index contributed by atoms with van der Waals surface area (Å²) in [4.78, 5) is 7.34. The minimum Gasteiger partial charge on any atom is -0.375 e. The minimum absolute atomic E-state index is 0. The highest BCUT2D eigenvalue weighted by Crippen LogP contribution is 2.17. The molecule has 104 valence electrons. The third-order valence-corrected chi connectivity index (χ3v) is 4.87. The van der Waals surface area contributed by atoms with Crippen LogP contribution in [0.1, 0.15) is 4.88 Å². The van der Waals surface area contributed by atoms with Gasteiger partial charge in [-0.15, -0.1) is 23.7 Å². The smallest absolute Gasteiger partial charge is 0.211 e. The summed E-state index contributed by atoms with van der Waals surface area (Å²) in [7, 11) is -3.04. The highest BCUT2D eigenvalue weighted by Gasteiger charge is 2.23. The number of nitrogens with zero attached hydrogens (tertiary/aromatic N) is 3. The molecule has 6 nitrogen and oxygen atoms in total. The van der Waals surface area contributed by atoms with Gasteiger partial charge in [-0.25, -0.2) is 13.4 Å². The van der Waals surface area contributed by atoms with Crippen molar-refractivity contribution in [3.63, 3.8) is 0 Å². The van der Waals surface area contributed by atoms with E-state index in [1.807, 2.05) is 0 Å². The van der Waals surface area contributed by atoms with Crippen molar-refractivity contribution in [1.29, 1.82) is 0 Å². The molecule has 0 unspecified atom stereocenters. The van der Waals surface area contributed by atoms with E-state index in [4.69, 9.17) is 5.73 Å². The van der Waals surface area contributed by atoms with Crippen LogP contribution in [0.2, 0.25) is 0 Å². The molecule has 1 saturated heterocycles. The number of nitrogens with two attached hydrogens (primary N) is 1. The first kappa shape index (κ1) is 15.6. The first-order chi connectivity index (χ1) is 7.95. The fourth-order valence-electron chi connectivity index (χ4n) is 1.84. The lowest BCUT2D eigenvalue weighted by Crippen LogP contribution is -2.47. The van der Waals surface area contributed by atoms with Crippen LogP contribution < -0.4 is 5.73 Å². The monoisotopic (exact) mass is 312 g/mol. The Bertz CT molecular complexity index is 483. The summed E-state index contributed by atoms with van der Waals surface area (Å²) in [5.74, 6) is 0. The Morgan fingerprint density at radius 2 is 2.00 bits per heavy atom. The Morgan fingerprint density at radius 1 is 1.39 bits per heavy atom. The van der Waals surface area contributed by atoms with Crippen LogP contribution in [0.4, 0.5) is 5.13 Å². The molecular formula is C9H17ClN4O2S2. The van der Waals surface area contributed by atoms with E-state index in [-0.39, 0.29) is 12.4 Å². The fourth-order valence-corrected chi connectivity index (χ4v) is 3.39. The summed E-state index contributed by atoms with van der Waals surface area (Å²) in [5.41, 5.74) is 5.56. The SMILES string of the molecule is CS(=O)(=O)N1CCN(Cc2cnc(N)s2)CC1.Cl. The number of hydrogen-bond donors (Lipinski definition) is 1. The van der Waals surface area contributed by atoms with Crippen LogP contribution in [-0.4, -0.2) is 55.0 Å². The van der Waals surface area contributed by atoms with Gasteiger partial charge in [0.2, 0.25) is 10.0 Å². The largest absolute Gasteiger partial charge is 0.375 e. The second kappa shape index (κ2) is 6.16. The second-order valence-electron chi connectivity index (χ2n) is 4.10. The maximum atomic E-state index is 11.3. The molecule has 1 fully saturated rings. The molecule has 0 radical (unpaired) electrons. The number of aromatic nitrogens is 1. The average Bonchev–Trinajstić information content (AvgIpc) is 2.63. The standard InChI is InChI=1S/C9H16N4O2S2.ClH/c1-17(14,15)13-4-2-12(3-5-13)7-8-6-11-9(10)16-8;/h6H,2-5,7H2,1H3,(H2,10,11);1H. The molecule has 2 rings (SSSR count). The van der Waals surface area contributed by atoms with Gasteiger partial charge in [0.1, 0.15) is 0 Å². The molecule has 0 aromatic carbocycles. The quantitative estimate of drug-likeness (QED) is 0.864. The summed E-state index contributed by atoms with van der Waals surface area (Å²) in [6.07, 6.45) is 3.04. The first-order valence-corrected chi connectivity index (χ1v) is 7.99. The Hall–Kier alpha value is -0.410. The lowest BCUT2D eigenvalue weighted by atomic mass is 10.3. The van der Waals surface area contributed by atoms with Gasteiger partial charge >= 0.3 is 0 Å². The fraction of sp³-hybridized carbons (Fsp3) is 0.667. The van der Waals surface area contributed by atoms with Crippen molar-refractivity contribution in [2.24, 2.45) is 0 Å². The first-order valence-electron chi connectivity index (χ1n) is 5.33. The zero-order valence-corrected chi connectivity index (χ0v) is 12.5. The molecule has 9 heteroatoms. The molecule has 0 spiro atoms. The normalized spacial score (nSPS) is 18.5. The number of hydrogen-bond acceptors (Lipinski definition) is 6. The van der Waals surface area contributed by atoms with Crippen molar-refractivity contribution in [2.75, 3.05) is 38.2 Å². The lowest BCUT2D eigenvalue weighted by molar-refractivity contribution is 0.183. The van der Waals surface area contributed by atoms with E-state index in [2.05, 4.69) is 9.88 Å². The van der Waals surface area contributed by atoms with Crippen LogP contribution >= 0.6 is 23.7 Å². The van der Waals surface area contributed by atoms with Gasteiger partial charge in [0.15, 0.2) is 5.13 Å². The van der Waals surface area contributed by atoms with Crippen LogP contribution in [0.5, 0.6) is 0 Å². The number of anilines is 1. The van der Waals surface area contributed by atoms with Gasteiger partial charge < -0.3 is 5.73 Å². The van der Waals surface area contributed by atoms with Gasteiger partial charge in [0.05, 0.1) is 6.26 Å². The topological polar surface area (TPSA) is 79.5 Å². The maximum Gasteiger partial charge on any atom is 0.211 e. The molecule has 0 aliphatic carbocycles. The van der Waals surface area contributed by atoms with Crippen LogP contribution in [0, 0.1) is 0 Å². The summed E-state index contributed by atoms with van der Waals surface area (Å²) < 4.78 is 24.2. The number of rotatable bonds is 3. The lowest BCUT2D eigenvalue weighted by Gasteiger charge is -2.32. The van der Waals surface area contributed by atoms with Gasteiger partial charge in [-0.1, -0.05) is 0 Å². The summed E-state index contributed by atoms with van der Waals surface area (Å²) in [6.45, 7) is 3.43. The second-order valence-corrected chi connectivity index (χ2v) is 7.23. The van der Waals surface area contributed by atoms with Crippen molar-refractivity contribution in [1.82, 2.24) is 14.2 Å². The number of thiazole rings is 1. The van der Waals surface area contributed by atoms with Crippen molar-refractivity contribution in [3.8, 4) is 0 Å². The maximum absolute atomic E-state index is 11.3. The van der Waals surface area contributed by atoms with Gasteiger partial charge in [-0.2, -0.15) is 4.31 Å². The van der Waals surface area contributed by atoms with Crippen molar-refractivity contribution < 1.29 is 8.42 Å². The summed E-state index contributed by atoms with van der Waals surface area (Å²) in [5, 5.41) is 0.578. The molecule has 18 heavy (non-hydrogen) atoms. The number of nitrogen functional groups attached to an aromatic ring is 1. The molecule has 2 heterocycles. The van der Waals surface area contributed by atoms with E-state index < -0.39 is 10.0 Å². The van der Waals surface area contributed by atoms with Gasteiger partial charge in [0.25, 0.3) is 0 Å². The Labute approximate surface area is 117 Å². The molecule has 1 aromatic heterocycles. The predicted octanol–water partition coefficient (Wildman–Crippen LogP) is 0.224. The molecule has 0 saturated carbocycles. The molecule has 0 bridgehead atoms. The summed E-state index contributed by atoms with van der Waals surface area (Å²) in [6, 6.07) is 0. The van der Waals surface area contributed by atoms with Crippen LogP contribution in [0.15, 0.2) is 6.20 Å². The minimum atomic E-state index is -3.04. The molecular weight excluding hydrogens is 296 g/mol. The zero-order valence-electron chi connectivity index (χ0n) is 10.1.